The highest BCUT2D eigenvalue weighted by molar-refractivity contribution is 5.99. The molecule has 0 atom stereocenters. The Hall–Kier alpha value is -6.59. The minimum absolute atomic E-state index is 0.880. The fourth-order valence-electron chi connectivity index (χ4n) is 7.10. The molecule has 0 unspecified atom stereocenters. The molecule has 0 amide bonds. The Morgan fingerprint density at radius 2 is 0.608 bits per heavy atom. The van der Waals surface area contributed by atoms with Crippen LogP contribution in [0.2, 0.25) is 0 Å². The molecule has 244 valence electrons. The minimum Gasteiger partial charge on any atom is -0.354 e. The van der Waals surface area contributed by atoms with Crippen molar-refractivity contribution in [2.45, 2.75) is 20.8 Å². The molecule has 5 nitrogen and oxygen atoms in total. The lowest BCUT2D eigenvalue weighted by molar-refractivity contribution is 1.30. The molecule has 2 aliphatic rings. The monoisotopic (exact) mass is 657 g/mol. The van der Waals surface area contributed by atoms with E-state index in [2.05, 4.69) is 157 Å². The Morgan fingerprint density at radius 1 is 0.333 bits per heavy atom. The zero-order valence-corrected chi connectivity index (χ0v) is 28.7. The molecular formula is C46H35N5. The number of aryl methyl sites for hydroxylation is 3. The number of nitrogens with zero attached hydrogens (tertiary/aromatic N) is 3. The summed E-state index contributed by atoms with van der Waals surface area (Å²) in [5.41, 5.74) is 19.6. The van der Waals surface area contributed by atoms with Gasteiger partial charge in [0.2, 0.25) is 0 Å². The lowest BCUT2D eigenvalue weighted by Crippen LogP contribution is -1.90. The van der Waals surface area contributed by atoms with Crippen molar-refractivity contribution in [2.24, 2.45) is 0 Å². The van der Waals surface area contributed by atoms with Gasteiger partial charge in [-0.1, -0.05) is 89.5 Å². The third-order valence-electron chi connectivity index (χ3n) is 9.74. The summed E-state index contributed by atoms with van der Waals surface area (Å²) in [6, 6.07) is 38.8. The number of aromatic nitrogens is 5. The minimum atomic E-state index is 0.880. The van der Waals surface area contributed by atoms with Crippen molar-refractivity contribution in [1.82, 2.24) is 24.9 Å². The lowest BCUT2D eigenvalue weighted by Gasteiger charge is -2.07. The van der Waals surface area contributed by atoms with Gasteiger partial charge in [-0.3, -0.25) is 4.98 Å². The summed E-state index contributed by atoms with van der Waals surface area (Å²) in [5, 5.41) is 0. The van der Waals surface area contributed by atoms with Crippen LogP contribution in [0.15, 0.2) is 122 Å². The number of hydrogen-bond donors (Lipinski definition) is 2. The van der Waals surface area contributed by atoms with E-state index >= 15 is 0 Å². The van der Waals surface area contributed by atoms with Gasteiger partial charge in [-0.05, 0) is 104 Å². The number of pyridine rings is 1. The zero-order chi connectivity index (χ0) is 34.5. The second-order valence-corrected chi connectivity index (χ2v) is 13.3. The van der Waals surface area contributed by atoms with E-state index in [-0.39, 0.29) is 0 Å². The van der Waals surface area contributed by atoms with Crippen LogP contribution in [-0.2, 0) is 0 Å². The van der Waals surface area contributed by atoms with E-state index in [1.807, 2.05) is 24.5 Å². The lowest BCUT2D eigenvalue weighted by atomic mass is 10.0. The van der Waals surface area contributed by atoms with Crippen LogP contribution in [0, 0.1) is 20.8 Å². The largest absolute Gasteiger partial charge is 0.354 e. The van der Waals surface area contributed by atoms with Crippen molar-refractivity contribution in [3.8, 4) is 44.5 Å². The molecule has 4 aromatic heterocycles. The Kier molecular flexibility index (Phi) is 7.40. The number of hydrogen-bond acceptors (Lipinski definition) is 3. The van der Waals surface area contributed by atoms with Crippen LogP contribution < -0.4 is 0 Å². The van der Waals surface area contributed by atoms with E-state index in [9.17, 15) is 0 Å². The van der Waals surface area contributed by atoms with Crippen molar-refractivity contribution in [1.29, 1.82) is 0 Å². The van der Waals surface area contributed by atoms with Crippen LogP contribution in [0.25, 0.3) is 90.9 Å². The van der Waals surface area contributed by atoms with Crippen molar-refractivity contribution in [3.05, 3.63) is 161 Å². The van der Waals surface area contributed by atoms with E-state index in [1.54, 1.807) is 0 Å². The second-order valence-electron chi connectivity index (χ2n) is 13.3. The maximum atomic E-state index is 5.39. The molecule has 0 fully saturated rings. The number of H-pyrrole nitrogens is 2. The van der Waals surface area contributed by atoms with E-state index in [0.29, 0.717) is 0 Å². The van der Waals surface area contributed by atoms with Gasteiger partial charge in [0.05, 0.1) is 22.8 Å². The average Bonchev–Trinajstić information content (AvgIpc) is 3.99. The maximum Gasteiger partial charge on any atom is 0.0737 e. The fourth-order valence-corrected chi connectivity index (χ4v) is 7.10. The maximum absolute atomic E-state index is 5.39. The van der Waals surface area contributed by atoms with Crippen molar-refractivity contribution in [3.63, 3.8) is 0 Å². The summed E-state index contributed by atoms with van der Waals surface area (Å²) < 4.78 is 0. The summed E-state index contributed by atoms with van der Waals surface area (Å²) in [6.45, 7) is 6.35. The highest BCUT2D eigenvalue weighted by Crippen LogP contribution is 2.38. The van der Waals surface area contributed by atoms with Crippen LogP contribution in [0.3, 0.4) is 0 Å². The van der Waals surface area contributed by atoms with Crippen molar-refractivity contribution >= 4 is 46.4 Å². The van der Waals surface area contributed by atoms with Crippen molar-refractivity contribution < 1.29 is 0 Å². The number of benzene rings is 3. The van der Waals surface area contributed by atoms with Gasteiger partial charge in [0.1, 0.15) is 0 Å². The third kappa shape index (κ3) is 5.59. The van der Waals surface area contributed by atoms with Gasteiger partial charge in [0.25, 0.3) is 0 Å². The van der Waals surface area contributed by atoms with Gasteiger partial charge in [-0.25, -0.2) is 9.97 Å². The molecule has 7 aromatic rings. The average molecular weight is 658 g/mol. The predicted octanol–water partition coefficient (Wildman–Crippen LogP) is 11.6. The summed E-state index contributed by atoms with van der Waals surface area (Å²) in [5.74, 6) is 0. The van der Waals surface area contributed by atoms with Gasteiger partial charge < -0.3 is 9.97 Å². The molecular weight excluding hydrogens is 623 g/mol. The predicted molar refractivity (Wildman–Crippen MR) is 213 cm³/mol. The Balaban J connectivity index is 1.47. The Labute approximate surface area is 296 Å². The number of fused-ring (bicyclic) bond motifs is 8. The SMILES string of the molecule is Cc1ccc(-c2c3nc(c(-c4ccc(C)cc4)c4ccc([nH]4)c(-c4ccc(C)cc4)c4nc(c(-c5ccncc5)c5ccc2[nH]5)C=C4)C=C3)cc1. The summed E-state index contributed by atoms with van der Waals surface area (Å²) in [7, 11) is 0. The molecule has 0 aliphatic carbocycles. The third-order valence-corrected chi connectivity index (χ3v) is 9.74. The molecule has 2 aliphatic heterocycles. The molecule has 0 saturated carbocycles. The van der Waals surface area contributed by atoms with Crippen LogP contribution in [-0.4, -0.2) is 24.9 Å². The van der Waals surface area contributed by atoms with Crippen LogP contribution in [0.1, 0.15) is 39.5 Å². The number of aromatic amines is 2. The molecule has 5 heteroatoms. The van der Waals surface area contributed by atoms with Gasteiger partial charge >= 0.3 is 0 Å². The number of rotatable bonds is 4. The molecule has 8 bridgehead atoms. The van der Waals surface area contributed by atoms with Gasteiger partial charge in [0.15, 0.2) is 0 Å². The molecule has 2 N–H and O–H groups in total. The summed E-state index contributed by atoms with van der Waals surface area (Å²) >= 11 is 0. The molecule has 0 spiro atoms. The molecule has 0 radical (unpaired) electrons. The quantitative estimate of drug-likeness (QED) is 0.198. The molecule has 6 heterocycles. The molecule has 9 rings (SSSR count). The first kappa shape index (κ1) is 30.5. The Bertz CT molecular complexity index is 2630. The second kappa shape index (κ2) is 12.4. The molecule has 3 aromatic carbocycles. The van der Waals surface area contributed by atoms with Crippen LogP contribution in [0.4, 0.5) is 0 Å². The van der Waals surface area contributed by atoms with E-state index in [0.717, 1.165) is 89.4 Å². The van der Waals surface area contributed by atoms with Gasteiger partial charge in [-0.2, -0.15) is 0 Å². The summed E-state index contributed by atoms with van der Waals surface area (Å²) in [4.78, 5) is 22.7. The summed E-state index contributed by atoms with van der Waals surface area (Å²) in [6.07, 6.45) is 12.2. The van der Waals surface area contributed by atoms with E-state index in [1.165, 1.54) is 16.7 Å². The van der Waals surface area contributed by atoms with E-state index in [4.69, 9.17) is 9.97 Å². The van der Waals surface area contributed by atoms with Gasteiger partial charge in [-0.15, -0.1) is 0 Å². The highest BCUT2D eigenvalue weighted by Gasteiger charge is 2.19. The standard InChI is InChI=1S/C46H35N5/c1-28-4-10-31(11-5-28)43-35-16-18-37(48-35)44(32-12-6-29(2)7-13-32)39-20-22-41(50-39)46(34-24-26-47-27-25-34)42-23-21-40(51-42)45(38-19-17-36(43)49-38)33-14-8-30(3)9-15-33/h4-27,48,51H,1-3H3. The van der Waals surface area contributed by atoms with Gasteiger partial charge in [0, 0.05) is 56.7 Å². The van der Waals surface area contributed by atoms with Crippen LogP contribution in [0.5, 0.6) is 0 Å². The van der Waals surface area contributed by atoms with Crippen molar-refractivity contribution in [2.75, 3.05) is 0 Å². The van der Waals surface area contributed by atoms with E-state index < -0.39 is 0 Å². The smallest absolute Gasteiger partial charge is 0.0737 e. The normalized spacial score (nSPS) is 12.1. The molecule has 51 heavy (non-hydrogen) atoms. The van der Waals surface area contributed by atoms with Crippen LogP contribution >= 0.6 is 0 Å². The first-order valence-electron chi connectivity index (χ1n) is 17.3. The zero-order valence-electron chi connectivity index (χ0n) is 28.7. The Morgan fingerprint density at radius 3 is 0.902 bits per heavy atom. The highest BCUT2D eigenvalue weighted by atomic mass is 14.8. The first-order chi connectivity index (χ1) is 25.0. The number of nitrogens with one attached hydrogen (secondary N) is 2. The topological polar surface area (TPSA) is 70.2 Å². The first-order valence-corrected chi connectivity index (χ1v) is 17.3. The molecule has 0 saturated heterocycles. The fraction of sp³-hybridized carbons (Fsp3) is 0.0652.